The number of aliphatic hydroxyl groups is 7. The van der Waals surface area contributed by atoms with Crippen molar-refractivity contribution in [1.82, 2.24) is 0 Å². The van der Waals surface area contributed by atoms with Crippen LogP contribution >= 0.6 is 0 Å². The molecular weight excluding hydrogens is 308 g/mol. The lowest BCUT2D eigenvalue weighted by atomic mass is 9.99. The summed E-state index contributed by atoms with van der Waals surface area (Å²) in [5.41, 5.74) is 0. The number of ether oxygens (including phenoxy) is 3. The average Bonchev–Trinajstić information content (AvgIpc) is 2.76. The second-order valence-electron chi connectivity index (χ2n) is 5.06. The van der Waals surface area contributed by atoms with Crippen LogP contribution in [0.2, 0.25) is 0 Å². The van der Waals surface area contributed by atoms with E-state index in [4.69, 9.17) is 14.6 Å². The van der Waals surface area contributed by atoms with E-state index in [1.54, 1.807) is 0 Å². The minimum absolute atomic E-state index is 0.627. The first-order valence-corrected chi connectivity index (χ1v) is 6.48. The molecule has 0 aromatic carbocycles. The van der Waals surface area contributed by atoms with E-state index in [1.807, 2.05) is 0 Å². The zero-order chi connectivity index (χ0) is 16.6. The third kappa shape index (κ3) is 3.08. The van der Waals surface area contributed by atoms with Crippen molar-refractivity contribution in [2.24, 2.45) is 0 Å². The van der Waals surface area contributed by atoms with Gasteiger partial charge in [0.05, 0.1) is 6.61 Å². The summed E-state index contributed by atoms with van der Waals surface area (Å²) in [6.45, 7) is -0.627. The molecule has 2 aliphatic rings. The highest BCUT2D eigenvalue weighted by Gasteiger charge is 2.50. The smallest absolute Gasteiger partial charge is 0.340 e. The third-order valence-corrected chi connectivity index (χ3v) is 3.55. The lowest BCUT2D eigenvalue weighted by Crippen LogP contribution is -2.60. The summed E-state index contributed by atoms with van der Waals surface area (Å²) in [4.78, 5) is 11.9. The van der Waals surface area contributed by atoms with Crippen LogP contribution in [0, 0.1) is 0 Å². The summed E-state index contributed by atoms with van der Waals surface area (Å²) in [5.74, 6) is -1.30. The Hall–Kier alpha value is -0.890. The lowest BCUT2D eigenvalue weighted by molar-refractivity contribution is -0.286. The fraction of sp³-hybridized carbons (Fsp3) is 0.909. The molecule has 2 heterocycles. The van der Waals surface area contributed by atoms with Gasteiger partial charge in [-0.25, -0.2) is 4.79 Å². The van der Waals surface area contributed by atoms with Crippen molar-refractivity contribution in [3.05, 3.63) is 0 Å². The number of aliphatic hydroxyl groups excluding tert-OH is 7. The summed E-state index contributed by atoms with van der Waals surface area (Å²) < 4.78 is 14.2. The van der Waals surface area contributed by atoms with Crippen molar-refractivity contribution >= 4 is 5.97 Å². The predicted molar refractivity (Wildman–Crippen MR) is 62.8 cm³/mol. The van der Waals surface area contributed by atoms with E-state index in [-0.39, 0.29) is 0 Å². The zero-order valence-electron chi connectivity index (χ0n) is 11.2. The van der Waals surface area contributed by atoms with Crippen molar-refractivity contribution in [2.45, 2.75) is 55.3 Å². The molecule has 0 aliphatic carbocycles. The van der Waals surface area contributed by atoms with Gasteiger partial charge in [0.25, 0.3) is 0 Å². The van der Waals surface area contributed by atoms with E-state index in [9.17, 15) is 35.4 Å². The molecule has 22 heavy (non-hydrogen) atoms. The van der Waals surface area contributed by atoms with E-state index in [2.05, 4.69) is 4.74 Å². The van der Waals surface area contributed by atoms with Gasteiger partial charge in [-0.05, 0) is 0 Å². The maximum Gasteiger partial charge on any atom is 0.340 e. The van der Waals surface area contributed by atoms with Gasteiger partial charge in [-0.15, -0.1) is 0 Å². The summed E-state index contributed by atoms with van der Waals surface area (Å²) in [6, 6.07) is 0. The number of carbonyl (C=O) groups excluding carboxylic acids is 1. The molecule has 0 radical (unpaired) electrons. The van der Waals surface area contributed by atoms with Crippen molar-refractivity contribution in [3.63, 3.8) is 0 Å². The van der Waals surface area contributed by atoms with Gasteiger partial charge < -0.3 is 50.0 Å². The van der Waals surface area contributed by atoms with E-state index < -0.39 is 67.9 Å². The molecule has 11 heteroatoms. The molecule has 2 fully saturated rings. The van der Waals surface area contributed by atoms with Crippen LogP contribution in [0.3, 0.4) is 0 Å². The molecule has 0 unspecified atom stereocenters. The Morgan fingerprint density at radius 1 is 0.864 bits per heavy atom. The Morgan fingerprint density at radius 3 is 2.05 bits per heavy atom. The van der Waals surface area contributed by atoms with Gasteiger partial charge >= 0.3 is 5.97 Å². The summed E-state index contributed by atoms with van der Waals surface area (Å²) in [6.07, 6.45) is -15.2. The van der Waals surface area contributed by atoms with Gasteiger partial charge in [0.15, 0.2) is 12.4 Å². The monoisotopic (exact) mass is 326 g/mol. The Labute approximate surface area is 123 Å². The number of hydrogen-bond donors (Lipinski definition) is 7. The molecular formula is C11H18O11. The molecule has 128 valence electrons. The summed E-state index contributed by atoms with van der Waals surface area (Å²) in [7, 11) is 0. The number of carbonyl (C=O) groups is 1. The number of esters is 1. The Kier molecular flexibility index (Phi) is 5.32. The van der Waals surface area contributed by atoms with E-state index in [1.165, 1.54) is 0 Å². The normalized spacial score (nSPS) is 49.1. The van der Waals surface area contributed by atoms with E-state index >= 15 is 0 Å². The van der Waals surface area contributed by atoms with Crippen molar-refractivity contribution < 1.29 is 54.8 Å². The first-order valence-electron chi connectivity index (χ1n) is 6.48. The SMILES string of the molecule is O=C(O[C@H]1O[C@H](CO)[C@@H](O)[C@@H]1O)[C@H]1O[C@@H](O)[C@H](O)[C@@H](O)[C@@H]1O. The van der Waals surface area contributed by atoms with Crippen LogP contribution in [0.1, 0.15) is 0 Å². The molecule has 7 N–H and O–H groups in total. The van der Waals surface area contributed by atoms with Crippen LogP contribution in [-0.2, 0) is 19.0 Å². The second kappa shape index (κ2) is 6.70. The fourth-order valence-electron chi connectivity index (χ4n) is 2.20. The maximum atomic E-state index is 11.9. The topological polar surface area (TPSA) is 186 Å². The van der Waals surface area contributed by atoms with Crippen molar-refractivity contribution in [1.29, 1.82) is 0 Å². The highest BCUT2D eigenvalue weighted by Crippen LogP contribution is 2.25. The highest BCUT2D eigenvalue weighted by molar-refractivity contribution is 5.76. The van der Waals surface area contributed by atoms with E-state index in [0.717, 1.165) is 0 Å². The standard InChI is InChI=1S/C11H18O11/c12-1-2-3(13)7(17)11(20-2)22-10(19)8-5(15)4(14)6(16)9(18)21-8/h2-9,11-18H,1H2/t2-,3-,4+,5+,6-,7+,8+,9-,11-/m1/s1. The summed E-state index contributed by atoms with van der Waals surface area (Å²) in [5, 5.41) is 65.7. The molecule has 9 atom stereocenters. The van der Waals surface area contributed by atoms with E-state index in [0.29, 0.717) is 0 Å². The Bertz CT molecular complexity index is 403. The third-order valence-electron chi connectivity index (χ3n) is 3.55. The predicted octanol–water partition coefficient (Wildman–Crippen LogP) is -5.23. The second-order valence-corrected chi connectivity index (χ2v) is 5.06. The molecule has 2 rings (SSSR count). The van der Waals surface area contributed by atoms with Gasteiger partial charge in [0.1, 0.15) is 36.6 Å². The molecule has 0 aromatic rings. The van der Waals surface area contributed by atoms with Gasteiger partial charge in [0, 0.05) is 0 Å². The van der Waals surface area contributed by atoms with Crippen LogP contribution in [0.25, 0.3) is 0 Å². The lowest BCUT2D eigenvalue weighted by Gasteiger charge is -2.37. The van der Waals surface area contributed by atoms with Gasteiger partial charge in [-0.3, -0.25) is 0 Å². The van der Waals surface area contributed by atoms with Crippen LogP contribution in [0.15, 0.2) is 0 Å². The van der Waals surface area contributed by atoms with Crippen LogP contribution < -0.4 is 0 Å². The van der Waals surface area contributed by atoms with Gasteiger partial charge in [0.2, 0.25) is 6.29 Å². The van der Waals surface area contributed by atoms with Gasteiger partial charge in [-0.1, -0.05) is 0 Å². The molecule has 11 nitrogen and oxygen atoms in total. The number of hydrogen-bond acceptors (Lipinski definition) is 11. The van der Waals surface area contributed by atoms with Crippen LogP contribution in [-0.4, -0.2) is 104 Å². The van der Waals surface area contributed by atoms with Crippen LogP contribution in [0.4, 0.5) is 0 Å². The Morgan fingerprint density at radius 2 is 1.50 bits per heavy atom. The molecule has 0 spiro atoms. The Balaban J connectivity index is 2.00. The van der Waals surface area contributed by atoms with Gasteiger partial charge in [-0.2, -0.15) is 0 Å². The zero-order valence-corrected chi connectivity index (χ0v) is 11.2. The molecule has 0 aromatic heterocycles. The fourth-order valence-corrected chi connectivity index (χ4v) is 2.20. The maximum absolute atomic E-state index is 11.9. The largest absolute Gasteiger partial charge is 0.431 e. The first kappa shape index (κ1) is 17.5. The first-order chi connectivity index (χ1) is 10.3. The quantitative estimate of drug-likeness (QED) is 0.246. The minimum Gasteiger partial charge on any atom is -0.431 e. The van der Waals surface area contributed by atoms with Crippen molar-refractivity contribution in [2.75, 3.05) is 6.61 Å². The molecule has 2 saturated heterocycles. The summed E-state index contributed by atoms with van der Waals surface area (Å²) >= 11 is 0. The number of rotatable bonds is 3. The molecule has 0 bridgehead atoms. The van der Waals surface area contributed by atoms with Crippen molar-refractivity contribution in [3.8, 4) is 0 Å². The average molecular weight is 326 g/mol. The minimum atomic E-state index is -1.93. The highest BCUT2D eigenvalue weighted by atomic mass is 16.7. The molecule has 0 saturated carbocycles. The van der Waals surface area contributed by atoms with Crippen LogP contribution in [0.5, 0.6) is 0 Å². The molecule has 0 amide bonds. The molecule has 2 aliphatic heterocycles.